The third-order valence-electron chi connectivity index (χ3n) is 7.53. The zero-order chi connectivity index (χ0) is 32.3. The summed E-state index contributed by atoms with van der Waals surface area (Å²) >= 11 is 37.2. The van der Waals surface area contributed by atoms with E-state index >= 15 is 0 Å². The SMILES string of the molecule is CCCC1CC1COC(=O)c1c(Cl)c(Cl)cc(Cl)c1OC(=O)C(=O)Oc1c(Cl)cc(Cl)c(Cl)c1C(=O)OCC1CC1CCC. The third kappa shape index (κ3) is 8.25. The molecule has 0 radical (unpaired) electrons. The first-order valence-corrected chi connectivity index (χ1v) is 16.3. The van der Waals surface area contributed by atoms with Crippen molar-refractivity contribution in [2.75, 3.05) is 13.2 Å². The van der Waals surface area contributed by atoms with E-state index in [4.69, 9.17) is 88.6 Å². The third-order valence-corrected chi connectivity index (χ3v) is 9.67. The first kappa shape index (κ1) is 34.9. The number of halogens is 6. The van der Waals surface area contributed by atoms with Gasteiger partial charge in [0.2, 0.25) is 0 Å². The van der Waals surface area contributed by atoms with Crippen molar-refractivity contribution in [3.05, 3.63) is 53.4 Å². The Morgan fingerprint density at radius 3 is 1.32 bits per heavy atom. The molecule has 2 fully saturated rings. The van der Waals surface area contributed by atoms with Gasteiger partial charge in [-0.2, -0.15) is 0 Å². The highest BCUT2D eigenvalue weighted by Gasteiger charge is 2.39. The van der Waals surface area contributed by atoms with E-state index in [0.717, 1.165) is 50.7 Å². The van der Waals surface area contributed by atoms with Crippen LogP contribution in [0.4, 0.5) is 0 Å². The Balaban J connectivity index is 1.51. The molecule has 0 N–H and O–H groups in total. The van der Waals surface area contributed by atoms with Gasteiger partial charge in [0, 0.05) is 0 Å². The maximum absolute atomic E-state index is 13.0. The van der Waals surface area contributed by atoms with Crippen molar-refractivity contribution in [1.82, 2.24) is 0 Å². The summed E-state index contributed by atoms with van der Waals surface area (Å²) in [6.07, 6.45) is 5.89. The zero-order valence-electron chi connectivity index (χ0n) is 23.7. The molecular weight excluding hydrogens is 701 g/mol. The predicted molar refractivity (Wildman–Crippen MR) is 168 cm³/mol. The zero-order valence-corrected chi connectivity index (χ0v) is 28.2. The van der Waals surface area contributed by atoms with E-state index in [1.165, 1.54) is 0 Å². The summed E-state index contributed by atoms with van der Waals surface area (Å²) in [4.78, 5) is 51.8. The quantitative estimate of drug-likeness (QED) is 0.0922. The van der Waals surface area contributed by atoms with E-state index in [9.17, 15) is 19.2 Å². The average molecular weight is 729 g/mol. The number of hydrogen-bond donors (Lipinski definition) is 0. The van der Waals surface area contributed by atoms with Gasteiger partial charge in [0.1, 0.15) is 11.1 Å². The van der Waals surface area contributed by atoms with Gasteiger partial charge in [0.25, 0.3) is 0 Å². The first-order chi connectivity index (χ1) is 20.9. The van der Waals surface area contributed by atoms with Crippen molar-refractivity contribution < 1.29 is 38.1 Å². The maximum Gasteiger partial charge on any atom is 0.423 e. The number of rotatable bonds is 12. The lowest BCUT2D eigenvalue weighted by atomic mass is 10.2. The van der Waals surface area contributed by atoms with Crippen molar-refractivity contribution in [3.63, 3.8) is 0 Å². The molecule has 0 aromatic heterocycles. The Hall–Kier alpha value is -1.94. The van der Waals surface area contributed by atoms with Crippen molar-refractivity contribution in [2.45, 2.75) is 52.4 Å². The van der Waals surface area contributed by atoms with Crippen LogP contribution in [-0.2, 0) is 19.1 Å². The van der Waals surface area contributed by atoms with Crippen LogP contribution in [0, 0.1) is 23.7 Å². The molecular formula is C30H28Cl6O8. The molecule has 0 aliphatic heterocycles. The number of carbonyl (C=O) groups excluding carboxylic acids is 4. The Morgan fingerprint density at radius 1 is 0.614 bits per heavy atom. The van der Waals surface area contributed by atoms with Gasteiger partial charge in [0.05, 0.1) is 43.3 Å². The minimum absolute atomic E-state index is 0.112. The Morgan fingerprint density at radius 2 is 0.977 bits per heavy atom. The Bertz CT molecular complexity index is 1370. The summed E-state index contributed by atoms with van der Waals surface area (Å²) in [6, 6.07) is 2.26. The summed E-state index contributed by atoms with van der Waals surface area (Å²) in [5.74, 6) is -4.99. The Kier molecular flexibility index (Phi) is 12.0. The number of carbonyl (C=O) groups is 4. The molecule has 8 nitrogen and oxygen atoms in total. The molecule has 4 rings (SSSR count). The molecule has 0 heterocycles. The van der Waals surface area contributed by atoms with Crippen LogP contribution in [0.25, 0.3) is 0 Å². The van der Waals surface area contributed by atoms with E-state index < -0.39 is 46.5 Å². The molecule has 2 aromatic rings. The molecule has 4 unspecified atom stereocenters. The molecule has 0 amide bonds. The van der Waals surface area contributed by atoms with E-state index in [0.29, 0.717) is 11.8 Å². The lowest BCUT2D eigenvalue weighted by molar-refractivity contribution is -0.156. The molecule has 2 aliphatic rings. The standard InChI is InChI=1S/C30H28Cl6O8/c1-3-5-13-7-15(13)11-41-27(37)21-23(35)17(31)9-19(33)25(21)43-29(39)30(40)44-26-20(34)10-18(32)24(36)22(26)28(38)42-12-16-8-14(16)6-4-2/h9-10,13-16H,3-8,11-12H2,1-2H3. The van der Waals surface area contributed by atoms with Crippen LogP contribution in [0.15, 0.2) is 12.1 Å². The van der Waals surface area contributed by atoms with Crippen molar-refractivity contribution in [3.8, 4) is 11.5 Å². The van der Waals surface area contributed by atoms with Crippen molar-refractivity contribution in [2.24, 2.45) is 23.7 Å². The summed E-state index contributed by atoms with van der Waals surface area (Å²) in [7, 11) is 0. The summed E-state index contributed by atoms with van der Waals surface area (Å²) in [5.41, 5.74) is -0.896. The van der Waals surface area contributed by atoms with Crippen LogP contribution in [0.5, 0.6) is 11.5 Å². The molecule has 2 aromatic carbocycles. The smallest absolute Gasteiger partial charge is 0.423 e. The van der Waals surface area contributed by atoms with Crippen LogP contribution >= 0.6 is 69.6 Å². The molecule has 4 atom stereocenters. The van der Waals surface area contributed by atoms with Crippen LogP contribution in [0.1, 0.15) is 73.1 Å². The minimum Gasteiger partial charge on any atom is -0.462 e. The maximum atomic E-state index is 13.0. The predicted octanol–water partition coefficient (Wildman–Crippen LogP) is 9.30. The van der Waals surface area contributed by atoms with Crippen LogP contribution in [0.2, 0.25) is 30.1 Å². The number of hydrogen-bond acceptors (Lipinski definition) is 8. The molecule has 0 saturated heterocycles. The molecule has 14 heteroatoms. The number of esters is 4. The molecule has 2 aliphatic carbocycles. The minimum atomic E-state index is -1.63. The van der Waals surface area contributed by atoms with Crippen LogP contribution in [-0.4, -0.2) is 37.1 Å². The van der Waals surface area contributed by atoms with Crippen molar-refractivity contribution in [1.29, 1.82) is 0 Å². The lowest BCUT2D eigenvalue weighted by Gasteiger charge is -2.15. The van der Waals surface area contributed by atoms with Gasteiger partial charge in [0.15, 0.2) is 11.5 Å². The van der Waals surface area contributed by atoms with Gasteiger partial charge in [-0.3, -0.25) is 0 Å². The number of benzene rings is 2. The van der Waals surface area contributed by atoms with E-state index in [1.54, 1.807) is 0 Å². The highest BCUT2D eigenvalue weighted by atomic mass is 35.5. The average Bonchev–Trinajstić information content (AvgIpc) is 3.89. The largest absolute Gasteiger partial charge is 0.462 e. The van der Waals surface area contributed by atoms with E-state index in [-0.39, 0.29) is 55.2 Å². The monoisotopic (exact) mass is 726 g/mol. The number of ether oxygens (including phenoxy) is 4. The lowest BCUT2D eigenvalue weighted by Crippen LogP contribution is -2.27. The summed E-state index contributed by atoms with van der Waals surface area (Å²) < 4.78 is 21.1. The van der Waals surface area contributed by atoms with Gasteiger partial charge >= 0.3 is 23.9 Å². The molecule has 0 bridgehead atoms. The van der Waals surface area contributed by atoms with Crippen LogP contribution < -0.4 is 9.47 Å². The second-order valence-corrected chi connectivity index (χ2v) is 13.2. The molecule has 44 heavy (non-hydrogen) atoms. The summed E-state index contributed by atoms with van der Waals surface area (Å²) in [5, 5.41) is -1.43. The fraction of sp³-hybridized carbons (Fsp3) is 0.467. The van der Waals surface area contributed by atoms with Crippen LogP contribution in [0.3, 0.4) is 0 Å². The Labute approximate surface area is 284 Å². The molecule has 0 spiro atoms. The summed E-state index contributed by atoms with van der Waals surface area (Å²) in [6.45, 7) is 4.38. The second-order valence-electron chi connectivity index (χ2n) is 10.8. The normalized spacial score (nSPS) is 20.1. The fourth-order valence-electron chi connectivity index (χ4n) is 4.98. The van der Waals surface area contributed by atoms with Gasteiger partial charge in [-0.05, 0) is 48.6 Å². The van der Waals surface area contributed by atoms with Gasteiger partial charge in [-0.25, -0.2) is 19.2 Å². The van der Waals surface area contributed by atoms with E-state index in [1.807, 2.05) is 0 Å². The highest BCUT2D eigenvalue weighted by Crippen LogP contribution is 2.45. The first-order valence-electron chi connectivity index (χ1n) is 14.0. The topological polar surface area (TPSA) is 105 Å². The molecule has 2 saturated carbocycles. The van der Waals surface area contributed by atoms with Gasteiger partial charge < -0.3 is 18.9 Å². The van der Waals surface area contributed by atoms with Gasteiger partial charge in [-0.1, -0.05) is 109 Å². The fourth-order valence-corrected chi connectivity index (χ4v) is 6.42. The molecule has 238 valence electrons. The van der Waals surface area contributed by atoms with E-state index in [2.05, 4.69) is 13.8 Å². The second kappa shape index (κ2) is 15.1. The van der Waals surface area contributed by atoms with Crippen molar-refractivity contribution >= 4 is 93.5 Å². The van der Waals surface area contributed by atoms with Gasteiger partial charge in [-0.15, -0.1) is 0 Å². The highest BCUT2D eigenvalue weighted by molar-refractivity contribution is 6.47.